The number of hydrogen-bond acceptors (Lipinski definition) is 4. The Hall–Kier alpha value is -0.450. The predicted molar refractivity (Wildman–Crippen MR) is 71.1 cm³/mol. The highest BCUT2D eigenvalue weighted by Crippen LogP contribution is 2.03. The lowest BCUT2D eigenvalue weighted by molar-refractivity contribution is 0.419. The first-order valence-corrected chi connectivity index (χ1v) is 6.80. The lowest BCUT2D eigenvalue weighted by atomic mass is 10.1. The summed E-state index contributed by atoms with van der Waals surface area (Å²) in [7, 11) is 0. The number of nitrogens with zero attached hydrogens (tertiary/aromatic N) is 1. The Bertz CT molecular complexity index is 264. The van der Waals surface area contributed by atoms with Crippen LogP contribution in [0.15, 0.2) is 11.6 Å². The summed E-state index contributed by atoms with van der Waals surface area (Å²) < 4.78 is 0. The van der Waals surface area contributed by atoms with E-state index in [0.717, 1.165) is 26.1 Å². The highest BCUT2D eigenvalue weighted by Gasteiger charge is 2.06. The molecule has 0 bridgehead atoms. The molecular weight excluding hydrogens is 218 g/mol. The number of hydrogen-bond donors (Lipinski definition) is 2. The van der Waals surface area contributed by atoms with Crippen molar-refractivity contribution in [3.8, 4) is 0 Å². The number of nitrogens with one attached hydrogen (secondary N) is 2. The Morgan fingerprint density at radius 1 is 1.25 bits per heavy atom. The topological polar surface area (TPSA) is 37.0 Å². The van der Waals surface area contributed by atoms with Gasteiger partial charge in [0.05, 0.1) is 5.01 Å². The Labute approximate surface area is 103 Å². The molecule has 0 amide bonds. The molecule has 1 heterocycles. The van der Waals surface area contributed by atoms with Crippen molar-refractivity contribution >= 4 is 11.3 Å². The van der Waals surface area contributed by atoms with Crippen LogP contribution in [0, 0.1) is 0 Å². The highest BCUT2D eigenvalue weighted by molar-refractivity contribution is 7.09. The SMILES string of the molecule is CC(C)(C)NCCCNCCc1nccs1. The van der Waals surface area contributed by atoms with E-state index in [1.165, 1.54) is 11.4 Å². The van der Waals surface area contributed by atoms with E-state index in [1.807, 2.05) is 11.6 Å². The molecule has 1 rings (SSSR count). The van der Waals surface area contributed by atoms with Crippen molar-refractivity contribution in [2.75, 3.05) is 19.6 Å². The van der Waals surface area contributed by atoms with Crippen molar-refractivity contribution in [2.24, 2.45) is 0 Å². The van der Waals surface area contributed by atoms with Crippen LogP contribution in [-0.4, -0.2) is 30.2 Å². The summed E-state index contributed by atoms with van der Waals surface area (Å²) >= 11 is 1.73. The molecule has 0 saturated carbocycles. The van der Waals surface area contributed by atoms with Crippen LogP contribution < -0.4 is 10.6 Å². The maximum absolute atomic E-state index is 4.25. The van der Waals surface area contributed by atoms with Gasteiger partial charge in [-0.15, -0.1) is 11.3 Å². The number of thiazole rings is 1. The maximum atomic E-state index is 4.25. The van der Waals surface area contributed by atoms with Gasteiger partial charge < -0.3 is 10.6 Å². The first-order chi connectivity index (χ1) is 7.58. The van der Waals surface area contributed by atoms with Crippen molar-refractivity contribution in [3.63, 3.8) is 0 Å². The van der Waals surface area contributed by atoms with Crippen LogP contribution >= 0.6 is 11.3 Å². The standard InChI is InChI=1S/C12H23N3S/c1-12(2,3)15-7-4-6-13-8-5-11-14-9-10-16-11/h9-10,13,15H,4-8H2,1-3H3. The van der Waals surface area contributed by atoms with E-state index in [4.69, 9.17) is 0 Å². The number of aromatic nitrogens is 1. The lowest BCUT2D eigenvalue weighted by Gasteiger charge is -2.20. The summed E-state index contributed by atoms with van der Waals surface area (Å²) in [5, 5.41) is 10.2. The van der Waals surface area contributed by atoms with Gasteiger partial charge >= 0.3 is 0 Å². The molecule has 0 fully saturated rings. The van der Waals surface area contributed by atoms with E-state index >= 15 is 0 Å². The van der Waals surface area contributed by atoms with Gasteiger partial charge in [-0.1, -0.05) is 0 Å². The molecule has 4 heteroatoms. The van der Waals surface area contributed by atoms with Gasteiger partial charge in [-0.25, -0.2) is 4.98 Å². The van der Waals surface area contributed by atoms with Gasteiger partial charge in [0.25, 0.3) is 0 Å². The van der Waals surface area contributed by atoms with Crippen LogP contribution in [0.3, 0.4) is 0 Å². The van der Waals surface area contributed by atoms with Crippen molar-refractivity contribution < 1.29 is 0 Å². The van der Waals surface area contributed by atoms with Gasteiger partial charge in [-0.3, -0.25) is 0 Å². The highest BCUT2D eigenvalue weighted by atomic mass is 32.1. The van der Waals surface area contributed by atoms with Crippen LogP contribution in [0.25, 0.3) is 0 Å². The quantitative estimate of drug-likeness (QED) is 0.718. The Morgan fingerprint density at radius 2 is 2.06 bits per heavy atom. The smallest absolute Gasteiger partial charge is 0.0937 e. The first-order valence-electron chi connectivity index (χ1n) is 5.92. The zero-order valence-electron chi connectivity index (χ0n) is 10.5. The second-order valence-corrected chi connectivity index (χ2v) is 5.94. The molecule has 1 aromatic rings. The molecule has 92 valence electrons. The Morgan fingerprint density at radius 3 is 2.69 bits per heavy atom. The molecule has 16 heavy (non-hydrogen) atoms. The third-order valence-electron chi connectivity index (χ3n) is 2.18. The fourth-order valence-electron chi connectivity index (χ4n) is 1.37. The maximum Gasteiger partial charge on any atom is 0.0937 e. The van der Waals surface area contributed by atoms with Crippen molar-refractivity contribution in [1.82, 2.24) is 15.6 Å². The second kappa shape index (κ2) is 6.99. The summed E-state index contributed by atoms with van der Waals surface area (Å²) in [5.74, 6) is 0. The van der Waals surface area contributed by atoms with Crippen molar-refractivity contribution in [1.29, 1.82) is 0 Å². The van der Waals surface area contributed by atoms with Crippen LogP contribution in [0.1, 0.15) is 32.2 Å². The van der Waals surface area contributed by atoms with Gasteiger partial charge in [-0.2, -0.15) is 0 Å². The molecule has 0 aliphatic rings. The van der Waals surface area contributed by atoms with Gasteiger partial charge in [0, 0.05) is 30.1 Å². The molecule has 0 aromatic carbocycles. The summed E-state index contributed by atoms with van der Waals surface area (Å²) in [6.07, 6.45) is 4.09. The summed E-state index contributed by atoms with van der Waals surface area (Å²) in [6.45, 7) is 9.78. The largest absolute Gasteiger partial charge is 0.316 e. The molecule has 1 aromatic heterocycles. The van der Waals surface area contributed by atoms with Gasteiger partial charge in [0.15, 0.2) is 0 Å². The average Bonchev–Trinajstić information content (AvgIpc) is 2.67. The summed E-state index contributed by atoms with van der Waals surface area (Å²) in [4.78, 5) is 4.25. The first kappa shape index (κ1) is 13.6. The van der Waals surface area contributed by atoms with E-state index in [9.17, 15) is 0 Å². The lowest BCUT2D eigenvalue weighted by Crippen LogP contribution is -2.37. The van der Waals surface area contributed by atoms with Gasteiger partial charge in [0.1, 0.15) is 0 Å². The van der Waals surface area contributed by atoms with E-state index < -0.39 is 0 Å². The molecule has 0 saturated heterocycles. The van der Waals surface area contributed by atoms with Crippen LogP contribution in [0.4, 0.5) is 0 Å². The third kappa shape index (κ3) is 6.93. The zero-order chi connectivity index (χ0) is 11.9. The predicted octanol–water partition coefficient (Wildman–Crippen LogP) is 2.05. The monoisotopic (exact) mass is 241 g/mol. The molecule has 2 N–H and O–H groups in total. The molecule has 0 atom stereocenters. The second-order valence-electron chi connectivity index (χ2n) is 4.96. The summed E-state index contributed by atoms with van der Waals surface area (Å²) in [5.41, 5.74) is 0.237. The molecule has 0 aliphatic heterocycles. The molecular formula is C12H23N3S. The normalized spacial score (nSPS) is 11.9. The minimum absolute atomic E-state index is 0.237. The fourth-order valence-corrected chi connectivity index (χ4v) is 1.99. The van der Waals surface area contributed by atoms with Gasteiger partial charge in [-0.05, 0) is 40.3 Å². The molecule has 0 aliphatic carbocycles. The number of rotatable bonds is 7. The fraction of sp³-hybridized carbons (Fsp3) is 0.750. The van der Waals surface area contributed by atoms with Crippen LogP contribution in [0.2, 0.25) is 0 Å². The van der Waals surface area contributed by atoms with E-state index in [0.29, 0.717) is 0 Å². The molecule has 0 unspecified atom stereocenters. The Kier molecular flexibility index (Phi) is 5.95. The van der Waals surface area contributed by atoms with E-state index in [-0.39, 0.29) is 5.54 Å². The van der Waals surface area contributed by atoms with Crippen molar-refractivity contribution in [3.05, 3.63) is 16.6 Å². The molecule has 0 spiro atoms. The zero-order valence-corrected chi connectivity index (χ0v) is 11.4. The average molecular weight is 241 g/mol. The Balaban J connectivity index is 1.89. The van der Waals surface area contributed by atoms with Crippen LogP contribution in [-0.2, 0) is 6.42 Å². The summed E-state index contributed by atoms with van der Waals surface area (Å²) in [6, 6.07) is 0. The molecule has 3 nitrogen and oxygen atoms in total. The minimum Gasteiger partial charge on any atom is -0.316 e. The van der Waals surface area contributed by atoms with E-state index in [1.54, 1.807) is 11.3 Å². The van der Waals surface area contributed by atoms with Crippen LogP contribution in [0.5, 0.6) is 0 Å². The van der Waals surface area contributed by atoms with Gasteiger partial charge in [0.2, 0.25) is 0 Å². The van der Waals surface area contributed by atoms with Crippen molar-refractivity contribution in [2.45, 2.75) is 39.2 Å². The third-order valence-corrected chi connectivity index (χ3v) is 3.02. The minimum atomic E-state index is 0.237. The van der Waals surface area contributed by atoms with E-state index in [2.05, 4.69) is 36.4 Å². The molecule has 0 radical (unpaired) electrons.